The van der Waals surface area contributed by atoms with E-state index in [1.165, 1.54) is 0 Å². The van der Waals surface area contributed by atoms with Crippen molar-refractivity contribution in [2.75, 3.05) is 13.2 Å². The van der Waals surface area contributed by atoms with E-state index in [9.17, 15) is 9.59 Å². The van der Waals surface area contributed by atoms with Crippen LogP contribution in [0.15, 0.2) is 24.3 Å². The second-order valence-electron chi connectivity index (χ2n) is 6.60. The van der Waals surface area contributed by atoms with Crippen LogP contribution >= 0.6 is 0 Å². The first kappa shape index (κ1) is 23.4. The molecule has 0 atom stereocenters. The van der Waals surface area contributed by atoms with Crippen molar-refractivity contribution in [2.24, 2.45) is 0 Å². The van der Waals surface area contributed by atoms with E-state index in [2.05, 4.69) is 33.9 Å². The largest absolute Gasteiger partial charge is 0.459 e. The van der Waals surface area contributed by atoms with E-state index in [1.807, 2.05) is 6.92 Å². The molecule has 0 fully saturated rings. The summed E-state index contributed by atoms with van der Waals surface area (Å²) in [5.74, 6) is -0.967. The molecule has 0 heterocycles. The number of hydrogen-bond acceptors (Lipinski definition) is 5. The fraction of sp³-hybridized carbons (Fsp3) is 0.700. The first-order chi connectivity index (χ1) is 11.6. The highest BCUT2D eigenvalue weighted by Gasteiger charge is 2.41. The highest BCUT2D eigenvalue weighted by Crippen LogP contribution is 2.33. The highest BCUT2D eigenvalue weighted by atomic mass is 16.6. The molecule has 0 aromatic heterocycles. The van der Waals surface area contributed by atoms with Gasteiger partial charge in [-0.3, -0.25) is 0 Å². The molecular weight excluding hydrogens is 320 g/mol. The predicted molar refractivity (Wildman–Crippen MR) is 99.3 cm³/mol. The van der Waals surface area contributed by atoms with Crippen LogP contribution in [-0.4, -0.2) is 36.4 Å². The minimum Gasteiger partial charge on any atom is -0.459 e. The van der Waals surface area contributed by atoms with Gasteiger partial charge in [0.05, 0.1) is 5.60 Å². The van der Waals surface area contributed by atoms with Gasteiger partial charge in [0.25, 0.3) is 0 Å². The molecule has 144 valence electrons. The molecule has 0 aliphatic carbocycles. The summed E-state index contributed by atoms with van der Waals surface area (Å²) < 4.78 is 17.2. The lowest BCUT2D eigenvalue weighted by atomic mass is 9.91. The monoisotopic (exact) mass is 354 g/mol. The molecule has 0 saturated heterocycles. The summed E-state index contributed by atoms with van der Waals surface area (Å²) in [5.41, 5.74) is -0.632. The lowest BCUT2D eigenvalue weighted by Gasteiger charge is -2.42. The Morgan fingerprint density at radius 1 is 0.720 bits per heavy atom. The number of hydrogen-bond donors (Lipinski definition) is 0. The Morgan fingerprint density at radius 3 is 1.28 bits per heavy atom. The standard InChI is InChI=1S/C20H34O5/c1-9-19(10-2,11-3)25-20(12-4,13-23-17(21)15(5)6)14-24-18(22)16(7)8/h5,7,9-14H2,1-4,6,8H3. The van der Waals surface area contributed by atoms with E-state index < -0.39 is 17.5 Å². The van der Waals surface area contributed by atoms with Crippen LogP contribution in [0.3, 0.4) is 0 Å². The summed E-state index contributed by atoms with van der Waals surface area (Å²) in [7, 11) is 0. The van der Waals surface area contributed by atoms with E-state index in [-0.39, 0.29) is 18.8 Å². The molecule has 0 aliphatic rings. The van der Waals surface area contributed by atoms with Crippen LogP contribution in [-0.2, 0) is 23.8 Å². The summed E-state index contributed by atoms with van der Waals surface area (Å²) in [4.78, 5) is 23.7. The van der Waals surface area contributed by atoms with Gasteiger partial charge in [0.15, 0.2) is 0 Å². The highest BCUT2D eigenvalue weighted by molar-refractivity contribution is 5.87. The Balaban J connectivity index is 5.48. The third kappa shape index (κ3) is 7.02. The average molecular weight is 354 g/mol. The number of rotatable bonds is 12. The summed E-state index contributed by atoms with van der Waals surface area (Å²) in [5, 5.41) is 0. The maximum Gasteiger partial charge on any atom is 0.333 e. The van der Waals surface area contributed by atoms with E-state index in [1.54, 1.807) is 13.8 Å². The molecule has 0 amide bonds. The number of esters is 2. The lowest BCUT2D eigenvalue weighted by molar-refractivity contribution is -0.210. The van der Waals surface area contributed by atoms with Crippen LogP contribution in [0.25, 0.3) is 0 Å². The van der Waals surface area contributed by atoms with Gasteiger partial charge in [-0.2, -0.15) is 0 Å². The van der Waals surface area contributed by atoms with Crippen molar-refractivity contribution in [2.45, 2.75) is 78.4 Å². The van der Waals surface area contributed by atoms with E-state index >= 15 is 0 Å². The first-order valence-corrected chi connectivity index (χ1v) is 8.96. The maximum atomic E-state index is 11.8. The van der Waals surface area contributed by atoms with Gasteiger partial charge in [0.2, 0.25) is 0 Å². The van der Waals surface area contributed by atoms with Crippen LogP contribution in [0.1, 0.15) is 67.2 Å². The normalized spacial score (nSPS) is 11.8. The quantitative estimate of drug-likeness (QED) is 0.385. The third-order valence-corrected chi connectivity index (χ3v) is 4.64. The number of ether oxygens (including phenoxy) is 3. The summed E-state index contributed by atoms with van der Waals surface area (Å²) >= 11 is 0. The van der Waals surface area contributed by atoms with Crippen LogP contribution in [0.5, 0.6) is 0 Å². The number of carbonyl (C=O) groups excluding carboxylic acids is 2. The van der Waals surface area contributed by atoms with Crippen LogP contribution in [0.2, 0.25) is 0 Å². The van der Waals surface area contributed by atoms with Gasteiger partial charge in [-0.1, -0.05) is 40.9 Å². The third-order valence-electron chi connectivity index (χ3n) is 4.64. The topological polar surface area (TPSA) is 61.8 Å². The molecular formula is C20H34O5. The van der Waals surface area contributed by atoms with Gasteiger partial charge in [-0.25, -0.2) is 9.59 Å². The van der Waals surface area contributed by atoms with E-state index in [0.29, 0.717) is 17.6 Å². The Morgan fingerprint density at radius 2 is 1.04 bits per heavy atom. The molecule has 0 unspecified atom stereocenters. The first-order valence-electron chi connectivity index (χ1n) is 8.96. The summed E-state index contributed by atoms with van der Waals surface area (Å²) in [6.07, 6.45) is 2.96. The van der Waals surface area contributed by atoms with E-state index in [0.717, 1.165) is 19.3 Å². The fourth-order valence-electron chi connectivity index (χ4n) is 2.44. The van der Waals surface area contributed by atoms with Crippen molar-refractivity contribution in [1.29, 1.82) is 0 Å². The molecule has 0 N–H and O–H groups in total. The van der Waals surface area contributed by atoms with Gasteiger partial charge < -0.3 is 14.2 Å². The fourth-order valence-corrected chi connectivity index (χ4v) is 2.44. The zero-order chi connectivity index (χ0) is 19.7. The molecule has 0 radical (unpaired) electrons. The summed E-state index contributed by atoms with van der Waals surface area (Å²) in [6, 6.07) is 0. The van der Waals surface area contributed by atoms with Crippen molar-refractivity contribution < 1.29 is 23.8 Å². The molecule has 25 heavy (non-hydrogen) atoms. The predicted octanol–water partition coefficient (Wildman–Crippen LogP) is 4.36. The van der Waals surface area contributed by atoms with Crippen molar-refractivity contribution >= 4 is 11.9 Å². The van der Waals surface area contributed by atoms with E-state index in [4.69, 9.17) is 14.2 Å². The van der Waals surface area contributed by atoms with Crippen molar-refractivity contribution in [3.63, 3.8) is 0 Å². The lowest BCUT2D eigenvalue weighted by Crippen LogP contribution is -2.50. The average Bonchev–Trinajstić information content (AvgIpc) is 2.61. The Labute approximate surface area is 152 Å². The molecule has 0 saturated carbocycles. The van der Waals surface area contributed by atoms with Gasteiger partial charge >= 0.3 is 11.9 Å². The zero-order valence-electron chi connectivity index (χ0n) is 16.7. The van der Waals surface area contributed by atoms with Gasteiger partial charge in [-0.15, -0.1) is 0 Å². The Kier molecular flexibility index (Phi) is 9.72. The second kappa shape index (κ2) is 10.4. The molecule has 0 aliphatic heterocycles. The minimum atomic E-state index is -0.905. The van der Waals surface area contributed by atoms with Crippen LogP contribution < -0.4 is 0 Å². The SMILES string of the molecule is C=C(C)C(=O)OCC(CC)(COC(=O)C(=C)C)OC(CC)(CC)CC. The van der Waals surface area contributed by atoms with Crippen molar-refractivity contribution in [1.82, 2.24) is 0 Å². The van der Waals surface area contributed by atoms with Gasteiger partial charge in [0, 0.05) is 11.1 Å². The molecule has 0 aromatic carbocycles. The Hall–Kier alpha value is -1.62. The zero-order valence-corrected chi connectivity index (χ0v) is 16.7. The van der Waals surface area contributed by atoms with Crippen molar-refractivity contribution in [3.05, 3.63) is 24.3 Å². The molecule has 0 bridgehead atoms. The molecule has 5 nitrogen and oxygen atoms in total. The summed E-state index contributed by atoms with van der Waals surface area (Å²) in [6.45, 7) is 18.5. The maximum absolute atomic E-state index is 11.8. The minimum absolute atomic E-state index is 0.000411. The molecule has 5 heteroatoms. The second-order valence-corrected chi connectivity index (χ2v) is 6.60. The smallest absolute Gasteiger partial charge is 0.333 e. The van der Waals surface area contributed by atoms with Crippen LogP contribution in [0.4, 0.5) is 0 Å². The molecule has 0 aromatic rings. The molecule has 0 rings (SSSR count). The van der Waals surface area contributed by atoms with Crippen molar-refractivity contribution in [3.8, 4) is 0 Å². The number of carbonyl (C=O) groups is 2. The Bertz CT molecular complexity index is 450. The molecule has 0 spiro atoms. The van der Waals surface area contributed by atoms with Gasteiger partial charge in [-0.05, 0) is 39.5 Å². The van der Waals surface area contributed by atoms with Crippen LogP contribution in [0, 0.1) is 0 Å². The van der Waals surface area contributed by atoms with Gasteiger partial charge in [0.1, 0.15) is 18.8 Å².